The minimum Gasteiger partial charge on any atom is -0.378 e. The topological polar surface area (TPSA) is 44.7 Å². The molecule has 7 heteroatoms. The van der Waals surface area contributed by atoms with Crippen LogP contribution in [0.4, 0.5) is 11.8 Å². The van der Waals surface area contributed by atoms with E-state index >= 15 is 0 Å². The first-order valence-electron chi connectivity index (χ1n) is 9.57. The molecule has 0 unspecified atom stereocenters. The van der Waals surface area contributed by atoms with E-state index in [2.05, 4.69) is 72.9 Å². The van der Waals surface area contributed by atoms with Gasteiger partial charge >= 0.3 is 0 Å². The van der Waals surface area contributed by atoms with Crippen LogP contribution in [0.25, 0.3) is 0 Å². The summed E-state index contributed by atoms with van der Waals surface area (Å²) in [7, 11) is 0. The van der Waals surface area contributed by atoms with Crippen LogP contribution in [-0.4, -0.2) is 67.4 Å². The summed E-state index contributed by atoms with van der Waals surface area (Å²) < 4.78 is 6.59. The van der Waals surface area contributed by atoms with Crippen LogP contribution in [0.5, 0.6) is 0 Å². The predicted octanol–water partition coefficient (Wildman–Crippen LogP) is 2.71. The lowest BCUT2D eigenvalue weighted by Crippen LogP contribution is -2.46. The molecular formula is C20H26BrN5O. The Bertz CT molecular complexity index is 773. The summed E-state index contributed by atoms with van der Waals surface area (Å²) in [5, 5.41) is 0. The van der Waals surface area contributed by atoms with Crippen molar-refractivity contribution in [2.24, 2.45) is 0 Å². The van der Waals surface area contributed by atoms with Crippen LogP contribution in [0, 0.1) is 6.92 Å². The van der Waals surface area contributed by atoms with E-state index in [0.717, 1.165) is 81.0 Å². The first-order valence-corrected chi connectivity index (χ1v) is 10.4. The number of hydrogen-bond donors (Lipinski definition) is 0. The van der Waals surface area contributed by atoms with Crippen molar-refractivity contribution in [3.8, 4) is 0 Å². The highest BCUT2D eigenvalue weighted by atomic mass is 79.9. The van der Waals surface area contributed by atoms with Gasteiger partial charge in [-0.2, -0.15) is 4.98 Å². The lowest BCUT2D eigenvalue weighted by atomic mass is 10.2. The van der Waals surface area contributed by atoms with Crippen LogP contribution >= 0.6 is 15.9 Å². The summed E-state index contributed by atoms with van der Waals surface area (Å²) in [6.07, 6.45) is 0. The summed E-state index contributed by atoms with van der Waals surface area (Å²) >= 11 is 3.56. The molecule has 2 aliphatic heterocycles. The van der Waals surface area contributed by atoms with Gasteiger partial charge in [-0.1, -0.05) is 28.1 Å². The number of rotatable bonds is 4. The molecule has 1 aromatic carbocycles. The zero-order chi connectivity index (χ0) is 18.6. The SMILES string of the molecule is Cc1cc(N2CCN(Cc3cccc(Br)c3)CC2)nc(N2CCOCC2)n1. The van der Waals surface area contributed by atoms with Crippen molar-refractivity contribution < 1.29 is 4.74 Å². The molecule has 1 aromatic heterocycles. The fourth-order valence-electron chi connectivity index (χ4n) is 3.63. The number of anilines is 2. The summed E-state index contributed by atoms with van der Waals surface area (Å²) in [5.41, 5.74) is 2.38. The molecule has 2 aliphatic rings. The van der Waals surface area contributed by atoms with Gasteiger partial charge in [-0.05, 0) is 24.6 Å². The molecule has 0 saturated carbocycles. The van der Waals surface area contributed by atoms with Gasteiger partial charge in [0.25, 0.3) is 0 Å². The second-order valence-electron chi connectivity index (χ2n) is 7.16. The fourth-order valence-corrected chi connectivity index (χ4v) is 4.08. The Morgan fingerprint density at radius 2 is 1.74 bits per heavy atom. The van der Waals surface area contributed by atoms with Gasteiger partial charge in [0.15, 0.2) is 0 Å². The molecule has 144 valence electrons. The van der Waals surface area contributed by atoms with Crippen LogP contribution in [0.1, 0.15) is 11.3 Å². The number of ether oxygens (including phenoxy) is 1. The Labute approximate surface area is 169 Å². The standard InChI is InChI=1S/C20H26BrN5O/c1-16-13-19(23-20(22-16)26-9-11-27-12-10-26)25-7-5-24(6-8-25)15-17-3-2-4-18(21)14-17/h2-4,13-14H,5-12,15H2,1H3. The summed E-state index contributed by atoms with van der Waals surface area (Å²) in [6, 6.07) is 10.7. The van der Waals surface area contributed by atoms with E-state index in [9.17, 15) is 0 Å². The second-order valence-corrected chi connectivity index (χ2v) is 8.08. The van der Waals surface area contributed by atoms with Crippen molar-refractivity contribution >= 4 is 27.7 Å². The van der Waals surface area contributed by atoms with Gasteiger partial charge in [0.2, 0.25) is 5.95 Å². The maximum Gasteiger partial charge on any atom is 0.227 e. The van der Waals surface area contributed by atoms with Crippen molar-refractivity contribution in [3.05, 3.63) is 46.1 Å². The molecule has 2 saturated heterocycles. The van der Waals surface area contributed by atoms with Gasteiger partial charge in [-0.15, -0.1) is 0 Å². The van der Waals surface area contributed by atoms with E-state index in [1.54, 1.807) is 0 Å². The molecule has 0 spiro atoms. The number of nitrogens with zero attached hydrogens (tertiary/aromatic N) is 5. The van der Waals surface area contributed by atoms with Crippen LogP contribution in [-0.2, 0) is 11.3 Å². The van der Waals surface area contributed by atoms with E-state index in [-0.39, 0.29) is 0 Å². The van der Waals surface area contributed by atoms with Crippen molar-refractivity contribution in [2.75, 3.05) is 62.3 Å². The van der Waals surface area contributed by atoms with E-state index in [0.29, 0.717) is 0 Å². The number of morpholine rings is 1. The molecule has 2 aromatic rings. The van der Waals surface area contributed by atoms with Crippen LogP contribution in [0.2, 0.25) is 0 Å². The minimum atomic E-state index is 0.751. The van der Waals surface area contributed by atoms with Gasteiger partial charge in [0.05, 0.1) is 13.2 Å². The first-order chi connectivity index (χ1) is 13.2. The van der Waals surface area contributed by atoms with Crippen molar-refractivity contribution in [3.63, 3.8) is 0 Å². The highest BCUT2D eigenvalue weighted by Crippen LogP contribution is 2.21. The minimum absolute atomic E-state index is 0.751. The highest BCUT2D eigenvalue weighted by molar-refractivity contribution is 9.10. The second kappa shape index (κ2) is 8.54. The molecule has 0 bridgehead atoms. The largest absolute Gasteiger partial charge is 0.378 e. The zero-order valence-electron chi connectivity index (χ0n) is 15.8. The van der Waals surface area contributed by atoms with Gasteiger partial charge in [-0.3, -0.25) is 4.90 Å². The Morgan fingerprint density at radius 1 is 0.963 bits per heavy atom. The van der Waals surface area contributed by atoms with E-state index in [1.807, 2.05) is 0 Å². The molecule has 0 amide bonds. The number of halogens is 1. The number of aryl methyl sites for hydroxylation is 1. The third kappa shape index (κ3) is 4.78. The predicted molar refractivity (Wildman–Crippen MR) is 111 cm³/mol. The van der Waals surface area contributed by atoms with E-state index in [1.165, 1.54) is 5.56 Å². The maximum absolute atomic E-state index is 5.45. The normalized spacial score (nSPS) is 18.7. The Morgan fingerprint density at radius 3 is 2.48 bits per heavy atom. The first kappa shape index (κ1) is 18.7. The van der Waals surface area contributed by atoms with Crippen LogP contribution < -0.4 is 9.80 Å². The highest BCUT2D eigenvalue weighted by Gasteiger charge is 2.21. The van der Waals surface area contributed by atoms with Gasteiger partial charge in [0, 0.05) is 62.0 Å². The molecule has 0 radical (unpaired) electrons. The molecule has 0 aliphatic carbocycles. The Kier molecular flexibility index (Phi) is 5.90. The lowest BCUT2D eigenvalue weighted by molar-refractivity contribution is 0.122. The lowest BCUT2D eigenvalue weighted by Gasteiger charge is -2.36. The summed E-state index contributed by atoms with van der Waals surface area (Å²) in [6.45, 7) is 10.4. The van der Waals surface area contributed by atoms with E-state index < -0.39 is 0 Å². The van der Waals surface area contributed by atoms with Gasteiger partial charge in [-0.25, -0.2) is 4.98 Å². The average Bonchev–Trinajstić information content (AvgIpc) is 2.69. The summed E-state index contributed by atoms with van der Waals surface area (Å²) in [5.74, 6) is 1.89. The quantitative estimate of drug-likeness (QED) is 0.741. The zero-order valence-corrected chi connectivity index (χ0v) is 17.4. The fraction of sp³-hybridized carbons (Fsp3) is 0.500. The van der Waals surface area contributed by atoms with Gasteiger partial charge < -0.3 is 14.5 Å². The molecular weight excluding hydrogens is 406 g/mol. The number of hydrogen-bond acceptors (Lipinski definition) is 6. The molecule has 0 N–H and O–H groups in total. The smallest absolute Gasteiger partial charge is 0.227 e. The third-order valence-electron chi connectivity index (χ3n) is 5.11. The molecule has 0 atom stereocenters. The monoisotopic (exact) mass is 431 g/mol. The van der Waals surface area contributed by atoms with Crippen molar-refractivity contribution in [2.45, 2.75) is 13.5 Å². The average molecular weight is 432 g/mol. The Hall–Kier alpha value is -1.70. The van der Waals surface area contributed by atoms with Crippen LogP contribution in [0.15, 0.2) is 34.8 Å². The maximum atomic E-state index is 5.45. The van der Waals surface area contributed by atoms with Gasteiger partial charge in [0.1, 0.15) is 5.82 Å². The Balaban J connectivity index is 1.39. The van der Waals surface area contributed by atoms with Crippen molar-refractivity contribution in [1.82, 2.24) is 14.9 Å². The van der Waals surface area contributed by atoms with Crippen molar-refractivity contribution in [1.29, 1.82) is 0 Å². The van der Waals surface area contributed by atoms with E-state index in [4.69, 9.17) is 9.72 Å². The molecule has 3 heterocycles. The molecule has 2 fully saturated rings. The number of aromatic nitrogens is 2. The third-order valence-corrected chi connectivity index (χ3v) is 5.61. The van der Waals surface area contributed by atoms with Crippen LogP contribution in [0.3, 0.4) is 0 Å². The number of piperazine rings is 1. The number of benzene rings is 1. The molecule has 4 rings (SSSR count). The molecule has 27 heavy (non-hydrogen) atoms. The molecule has 6 nitrogen and oxygen atoms in total. The summed E-state index contributed by atoms with van der Waals surface area (Å²) in [4.78, 5) is 16.6.